The molecular weight excluding hydrogens is 214 g/mol. The number of nitrogens with two attached hydrogens (primary N) is 1. The van der Waals surface area contributed by atoms with Crippen LogP contribution < -0.4 is 5.73 Å². The maximum Gasteiger partial charge on any atom is 0.162 e. The molecule has 1 aliphatic heterocycles. The number of nitrogen functional groups attached to an aromatic ring is 1. The summed E-state index contributed by atoms with van der Waals surface area (Å²) in [5, 5.41) is 8.37. The Bertz CT molecular complexity index is 513. The summed E-state index contributed by atoms with van der Waals surface area (Å²) in [7, 11) is 0. The van der Waals surface area contributed by atoms with E-state index in [9.17, 15) is 0 Å². The van der Waals surface area contributed by atoms with Gasteiger partial charge in [0.25, 0.3) is 0 Å². The van der Waals surface area contributed by atoms with Crippen molar-refractivity contribution in [2.45, 2.75) is 19.3 Å². The largest absolute Gasteiger partial charge is 0.399 e. The highest BCUT2D eigenvalue weighted by molar-refractivity contribution is 5.51. The summed E-state index contributed by atoms with van der Waals surface area (Å²) < 4.78 is 2.02. The zero-order chi connectivity index (χ0) is 11.7. The smallest absolute Gasteiger partial charge is 0.162 e. The predicted molar refractivity (Wildman–Crippen MR) is 66.8 cm³/mol. The summed E-state index contributed by atoms with van der Waals surface area (Å²) in [6, 6.07) is 3.74. The van der Waals surface area contributed by atoms with Gasteiger partial charge < -0.3 is 10.6 Å². The molecule has 2 aromatic heterocycles. The minimum Gasteiger partial charge on any atom is -0.399 e. The van der Waals surface area contributed by atoms with E-state index in [1.165, 1.54) is 25.9 Å². The molecule has 5 heteroatoms. The maximum atomic E-state index is 5.72. The third-order valence-electron chi connectivity index (χ3n) is 3.35. The van der Waals surface area contributed by atoms with Gasteiger partial charge in [-0.05, 0) is 32.0 Å². The van der Waals surface area contributed by atoms with Gasteiger partial charge in [-0.1, -0.05) is 0 Å². The van der Waals surface area contributed by atoms with Crippen LogP contribution in [0.1, 0.15) is 18.7 Å². The van der Waals surface area contributed by atoms with Crippen molar-refractivity contribution in [2.75, 3.05) is 25.4 Å². The van der Waals surface area contributed by atoms with Gasteiger partial charge in [-0.3, -0.25) is 4.40 Å². The average Bonchev–Trinajstić information content (AvgIpc) is 2.94. The Morgan fingerprint density at radius 1 is 1.24 bits per heavy atom. The number of anilines is 1. The van der Waals surface area contributed by atoms with E-state index in [1.54, 1.807) is 0 Å². The van der Waals surface area contributed by atoms with Crippen molar-refractivity contribution in [3.8, 4) is 0 Å². The molecule has 2 aromatic rings. The number of likely N-dealkylation sites (tertiary alicyclic amines) is 1. The summed E-state index contributed by atoms with van der Waals surface area (Å²) >= 11 is 0. The van der Waals surface area contributed by atoms with Crippen molar-refractivity contribution in [3.63, 3.8) is 0 Å². The SMILES string of the molecule is Nc1ccn2c(CCN3CCCC3)nnc2c1. The van der Waals surface area contributed by atoms with Crippen molar-refractivity contribution in [1.82, 2.24) is 19.5 Å². The van der Waals surface area contributed by atoms with Gasteiger partial charge in [-0.2, -0.15) is 0 Å². The van der Waals surface area contributed by atoms with Crippen molar-refractivity contribution in [1.29, 1.82) is 0 Å². The van der Waals surface area contributed by atoms with Gasteiger partial charge in [-0.25, -0.2) is 0 Å². The van der Waals surface area contributed by atoms with Crippen LogP contribution in [-0.2, 0) is 6.42 Å². The van der Waals surface area contributed by atoms with Gasteiger partial charge in [0.15, 0.2) is 5.65 Å². The molecule has 0 aliphatic carbocycles. The number of nitrogens with zero attached hydrogens (tertiary/aromatic N) is 4. The zero-order valence-electron chi connectivity index (χ0n) is 9.84. The average molecular weight is 231 g/mol. The standard InChI is InChI=1S/C12H17N5/c13-10-3-8-17-11(14-15-12(17)9-10)4-7-16-5-1-2-6-16/h3,8-9H,1-2,4-7,13H2. The van der Waals surface area contributed by atoms with Crippen LogP contribution >= 0.6 is 0 Å². The number of rotatable bonds is 3. The zero-order valence-corrected chi connectivity index (χ0v) is 9.84. The first-order valence-electron chi connectivity index (χ1n) is 6.14. The van der Waals surface area contributed by atoms with Gasteiger partial charge in [0.1, 0.15) is 5.82 Å². The Morgan fingerprint density at radius 2 is 2.06 bits per heavy atom. The molecule has 1 fully saturated rings. The third-order valence-corrected chi connectivity index (χ3v) is 3.35. The van der Waals surface area contributed by atoms with Crippen LogP contribution in [0.25, 0.3) is 5.65 Å². The molecule has 2 N–H and O–H groups in total. The van der Waals surface area contributed by atoms with E-state index in [0.717, 1.165) is 30.1 Å². The van der Waals surface area contributed by atoms with E-state index in [1.807, 2.05) is 22.7 Å². The lowest BCUT2D eigenvalue weighted by atomic mass is 10.3. The summed E-state index contributed by atoms with van der Waals surface area (Å²) in [5.74, 6) is 1.02. The van der Waals surface area contributed by atoms with Gasteiger partial charge in [-0.15, -0.1) is 10.2 Å². The molecule has 0 saturated carbocycles. The lowest BCUT2D eigenvalue weighted by molar-refractivity contribution is 0.340. The van der Waals surface area contributed by atoms with Crippen LogP contribution in [0.2, 0.25) is 0 Å². The number of fused-ring (bicyclic) bond motifs is 1. The van der Waals surface area contributed by atoms with Gasteiger partial charge in [0.05, 0.1) is 0 Å². The second-order valence-corrected chi connectivity index (χ2v) is 4.60. The van der Waals surface area contributed by atoms with Gasteiger partial charge in [0.2, 0.25) is 0 Å². The highest BCUT2D eigenvalue weighted by atomic mass is 15.2. The molecule has 1 saturated heterocycles. The van der Waals surface area contributed by atoms with E-state index < -0.39 is 0 Å². The monoisotopic (exact) mass is 231 g/mol. The minimum absolute atomic E-state index is 0.732. The van der Waals surface area contributed by atoms with Crippen LogP contribution in [0.4, 0.5) is 5.69 Å². The highest BCUT2D eigenvalue weighted by Crippen LogP contribution is 2.11. The normalized spacial score (nSPS) is 16.9. The molecule has 1 aliphatic rings. The topological polar surface area (TPSA) is 59.5 Å². The summed E-state index contributed by atoms with van der Waals surface area (Å²) in [6.07, 6.45) is 5.56. The van der Waals surface area contributed by atoms with Crippen LogP contribution in [-0.4, -0.2) is 39.1 Å². The fourth-order valence-electron chi connectivity index (χ4n) is 2.39. The van der Waals surface area contributed by atoms with Crippen LogP contribution in [0.3, 0.4) is 0 Å². The molecule has 90 valence electrons. The quantitative estimate of drug-likeness (QED) is 0.854. The van der Waals surface area contributed by atoms with Crippen molar-refractivity contribution in [3.05, 3.63) is 24.2 Å². The molecule has 3 heterocycles. The van der Waals surface area contributed by atoms with E-state index >= 15 is 0 Å². The van der Waals surface area contributed by atoms with Crippen LogP contribution in [0.15, 0.2) is 18.3 Å². The molecule has 0 atom stereocenters. The molecule has 0 amide bonds. The Balaban J connectivity index is 1.76. The molecule has 0 aromatic carbocycles. The van der Waals surface area contributed by atoms with Gasteiger partial charge in [0, 0.05) is 30.9 Å². The molecule has 17 heavy (non-hydrogen) atoms. The molecule has 5 nitrogen and oxygen atoms in total. The highest BCUT2D eigenvalue weighted by Gasteiger charge is 2.13. The Kier molecular flexibility index (Phi) is 2.68. The van der Waals surface area contributed by atoms with Crippen molar-refractivity contribution in [2.24, 2.45) is 0 Å². The third kappa shape index (κ3) is 2.10. The van der Waals surface area contributed by atoms with Crippen molar-refractivity contribution >= 4 is 11.3 Å². The molecule has 0 unspecified atom stereocenters. The van der Waals surface area contributed by atoms with E-state index in [4.69, 9.17) is 5.73 Å². The molecular formula is C12H17N5. The fourth-order valence-corrected chi connectivity index (χ4v) is 2.39. The Morgan fingerprint density at radius 3 is 2.88 bits per heavy atom. The molecule has 0 bridgehead atoms. The second-order valence-electron chi connectivity index (χ2n) is 4.60. The minimum atomic E-state index is 0.732. The number of hydrogen-bond donors (Lipinski definition) is 1. The molecule has 0 radical (unpaired) electrons. The number of aromatic nitrogens is 3. The first-order chi connectivity index (χ1) is 8.33. The summed E-state index contributed by atoms with van der Waals surface area (Å²) in [4.78, 5) is 2.48. The van der Waals surface area contributed by atoms with E-state index in [-0.39, 0.29) is 0 Å². The number of pyridine rings is 1. The lowest BCUT2D eigenvalue weighted by Crippen LogP contribution is -2.22. The first kappa shape index (κ1) is 10.5. The summed E-state index contributed by atoms with van der Waals surface area (Å²) in [5.41, 5.74) is 7.28. The van der Waals surface area contributed by atoms with E-state index in [0.29, 0.717) is 0 Å². The van der Waals surface area contributed by atoms with Crippen molar-refractivity contribution < 1.29 is 0 Å². The molecule has 0 spiro atoms. The number of hydrogen-bond acceptors (Lipinski definition) is 4. The van der Waals surface area contributed by atoms with E-state index in [2.05, 4.69) is 15.1 Å². The fraction of sp³-hybridized carbons (Fsp3) is 0.500. The maximum absolute atomic E-state index is 5.72. The van der Waals surface area contributed by atoms with Crippen LogP contribution in [0.5, 0.6) is 0 Å². The Hall–Kier alpha value is -1.62. The van der Waals surface area contributed by atoms with Gasteiger partial charge >= 0.3 is 0 Å². The first-order valence-corrected chi connectivity index (χ1v) is 6.14. The lowest BCUT2D eigenvalue weighted by Gasteiger charge is -2.13. The Labute approximate surface area is 100 Å². The second kappa shape index (κ2) is 4.33. The van der Waals surface area contributed by atoms with Crippen LogP contribution in [0, 0.1) is 0 Å². The predicted octanol–water partition coefficient (Wildman–Crippen LogP) is 0.950. The molecule has 3 rings (SSSR count). The summed E-state index contributed by atoms with van der Waals surface area (Å²) in [6.45, 7) is 3.53.